The van der Waals surface area contributed by atoms with Crippen molar-refractivity contribution in [3.8, 4) is 0 Å². The fourth-order valence-electron chi connectivity index (χ4n) is 8.16. The quantitative estimate of drug-likeness (QED) is 0.179. The number of rotatable bonds is 4. The third kappa shape index (κ3) is 5.86. The van der Waals surface area contributed by atoms with Crippen LogP contribution >= 0.6 is 0 Å². The van der Waals surface area contributed by atoms with Crippen LogP contribution in [0.25, 0.3) is 0 Å². The maximum Gasteiger partial charge on any atom is 0.166 e. The summed E-state index contributed by atoms with van der Waals surface area (Å²) >= 11 is 0. The number of aromatic nitrogens is 4. The standard InChI is InChI=1S/C46H48N8/c1-25-13-41-42(14-26(25)2)52(38-19-31(7)48-32(8)20-38)45(51(41)37-17-29(5)47-30(6)18-37)46-53(39-21-33(9)49-34(10)22-39)43-15-27(3)28(4)16-44(43)54(46)40-23-35(11)50-36(12)24-40/h13-24H,1-12H3. The molecule has 0 N–H and O–H groups in total. The number of hydrogen-bond donors (Lipinski definition) is 0. The van der Waals surface area contributed by atoms with Gasteiger partial charge in [0.1, 0.15) is 0 Å². The number of pyridine rings is 4. The van der Waals surface area contributed by atoms with Crippen molar-refractivity contribution < 1.29 is 0 Å². The highest BCUT2D eigenvalue weighted by molar-refractivity contribution is 6.00. The Morgan fingerprint density at radius 3 is 0.593 bits per heavy atom. The molecule has 0 spiro atoms. The first kappa shape index (κ1) is 35.0. The first-order valence-corrected chi connectivity index (χ1v) is 18.7. The van der Waals surface area contributed by atoms with Crippen LogP contribution in [0.15, 0.2) is 84.4 Å². The molecule has 2 aliphatic heterocycles. The van der Waals surface area contributed by atoms with Crippen molar-refractivity contribution in [1.29, 1.82) is 0 Å². The van der Waals surface area contributed by atoms with Crippen LogP contribution < -0.4 is 19.6 Å². The van der Waals surface area contributed by atoms with E-state index < -0.39 is 0 Å². The summed E-state index contributed by atoms with van der Waals surface area (Å²) < 4.78 is 0. The van der Waals surface area contributed by atoms with Crippen molar-refractivity contribution in [2.24, 2.45) is 0 Å². The van der Waals surface area contributed by atoms with Crippen molar-refractivity contribution in [2.45, 2.75) is 83.1 Å². The lowest BCUT2D eigenvalue weighted by atomic mass is 10.1. The SMILES string of the molecule is Cc1cc(N2C(=C3N(c4cc(C)nc(C)c4)c4cc(C)c(C)cc4N3c3cc(C)nc(C)c3)N(c3cc(C)nc(C)c3)c3cc(C)c(C)cc32)cc(C)n1. The summed E-state index contributed by atoms with van der Waals surface area (Å²) in [5.74, 6) is 1.99. The molecule has 6 heterocycles. The molecule has 54 heavy (non-hydrogen) atoms. The van der Waals surface area contributed by atoms with Gasteiger partial charge in [0.2, 0.25) is 0 Å². The Bertz CT molecular complexity index is 2140. The summed E-state index contributed by atoms with van der Waals surface area (Å²) in [6, 6.07) is 26.9. The Morgan fingerprint density at radius 1 is 0.259 bits per heavy atom. The molecule has 0 amide bonds. The minimum Gasteiger partial charge on any atom is -0.291 e. The van der Waals surface area contributed by atoms with E-state index in [2.05, 4.69) is 175 Å². The van der Waals surface area contributed by atoms with Crippen LogP contribution in [-0.2, 0) is 0 Å². The normalized spacial score (nSPS) is 13.7. The van der Waals surface area contributed by atoms with Gasteiger partial charge in [0, 0.05) is 45.6 Å². The zero-order chi connectivity index (χ0) is 38.3. The third-order valence-electron chi connectivity index (χ3n) is 10.5. The van der Waals surface area contributed by atoms with E-state index in [9.17, 15) is 0 Å². The highest BCUT2D eigenvalue weighted by Crippen LogP contribution is 2.58. The maximum atomic E-state index is 4.83. The molecule has 0 saturated carbocycles. The molecule has 0 saturated heterocycles. The summed E-state index contributed by atoms with van der Waals surface area (Å²) in [5, 5.41) is 0. The Morgan fingerprint density at radius 2 is 0.426 bits per heavy atom. The highest BCUT2D eigenvalue weighted by Gasteiger charge is 2.45. The number of benzene rings is 2. The predicted octanol–water partition coefficient (Wildman–Crippen LogP) is 11.4. The molecule has 8 rings (SSSR count). The van der Waals surface area contributed by atoms with E-state index in [1.165, 1.54) is 22.3 Å². The van der Waals surface area contributed by atoms with Gasteiger partial charge in [-0.05, 0) is 178 Å². The van der Waals surface area contributed by atoms with E-state index >= 15 is 0 Å². The molecule has 0 atom stereocenters. The molecule has 0 fully saturated rings. The largest absolute Gasteiger partial charge is 0.291 e. The van der Waals surface area contributed by atoms with Gasteiger partial charge in [0.15, 0.2) is 11.6 Å². The summed E-state index contributed by atoms with van der Waals surface area (Å²) in [7, 11) is 0. The van der Waals surface area contributed by atoms with Crippen LogP contribution in [0.1, 0.15) is 67.8 Å². The molecule has 2 aliphatic rings. The van der Waals surface area contributed by atoms with E-state index in [0.717, 1.165) is 103 Å². The van der Waals surface area contributed by atoms with Crippen molar-refractivity contribution in [2.75, 3.05) is 19.6 Å². The average Bonchev–Trinajstić information content (AvgIpc) is 3.55. The molecule has 6 aromatic rings. The summed E-state index contributed by atoms with van der Waals surface area (Å²) in [6.45, 7) is 25.4. The minimum absolute atomic E-state index is 0.962. The monoisotopic (exact) mass is 712 g/mol. The van der Waals surface area contributed by atoms with Crippen LogP contribution in [0, 0.1) is 83.1 Å². The van der Waals surface area contributed by atoms with Gasteiger partial charge in [-0.2, -0.15) is 0 Å². The lowest BCUT2D eigenvalue weighted by Crippen LogP contribution is -2.33. The molecule has 272 valence electrons. The molecule has 4 aromatic heterocycles. The second kappa shape index (κ2) is 12.8. The van der Waals surface area contributed by atoms with Crippen molar-refractivity contribution in [1.82, 2.24) is 19.9 Å². The molecule has 8 nitrogen and oxygen atoms in total. The van der Waals surface area contributed by atoms with Gasteiger partial charge < -0.3 is 0 Å². The molecule has 0 radical (unpaired) electrons. The van der Waals surface area contributed by atoms with Gasteiger partial charge >= 0.3 is 0 Å². The Kier molecular flexibility index (Phi) is 8.32. The average molecular weight is 713 g/mol. The summed E-state index contributed by atoms with van der Waals surface area (Å²) in [5.41, 5.74) is 21.2. The number of anilines is 8. The Labute approximate surface area is 319 Å². The molecule has 2 aromatic carbocycles. The first-order chi connectivity index (χ1) is 25.7. The zero-order valence-corrected chi connectivity index (χ0v) is 33.5. The van der Waals surface area contributed by atoms with E-state index in [4.69, 9.17) is 19.9 Å². The molecule has 0 unspecified atom stereocenters. The first-order valence-electron chi connectivity index (χ1n) is 18.7. The van der Waals surface area contributed by atoms with Gasteiger partial charge in [-0.1, -0.05) is 0 Å². The number of hydrogen-bond acceptors (Lipinski definition) is 8. The second-order valence-electron chi connectivity index (χ2n) is 15.3. The van der Waals surface area contributed by atoms with Crippen molar-refractivity contribution in [3.63, 3.8) is 0 Å². The third-order valence-corrected chi connectivity index (χ3v) is 10.5. The number of nitrogens with zero attached hydrogens (tertiary/aromatic N) is 8. The smallest absolute Gasteiger partial charge is 0.166 e. The highest BCUT2D eigenvalue weighted by atomic mass is 15.5. The zero-order valence-electron chi connectivity index (χ0n) is 33.5. The van der Waals surface area contributed by atoms with Crippen molar-refractivity contribution in [3.05, 3.63) is 152 Å². The summed E-state index contributed by atoms with van der Waals surface area (Å²) in [6.07, 6.45) is 0. The molecule has 0 aliphatic carbocycles. The van der Waals surface area contributed by atoms with E-state index in [0.29, 0.717) is 0 Å². The van der Waals surface area contributed by atoms with E-state index in [-0.39, 0.29) is 0 Å². The van der Waals surface area contributed by atoms with E-state index in [1.807, 2.05) is 0 Å². The van der Waals surface area contributed by atoms with Gasteiger partial charge in [-0.15, -0.1) is 0 Å². The van der Waals surface area contributed by atoms with Crippen LogP contribution in [0.4, 0.5) is 45.5 Å². The molecule has 0 bridgehead atoms. The van der Waals surface area contributed by atoms with Gasteiger partial charge in [-0.25, -0.2) is 0 Å². The topological polar surface area (TPSA) is 64.5 Å². The maximum absolute atomic E-state index is 4.83. The predicted molar refractivity (Wildman–Crippen MR) is 222 cm³/mol. The van der Waals surface area contributed by atoms with Gasteiger partial charge in [0.05, 0.1) is 45.5 Å². The number of fused-ring (bicyclic) bond motifs is 2. The molecular formula is C46H48N8. The fraction of sp³-hybridized carbons (Fsp3) is 0.261. The van der Waals surface area contributed by atoms with Crippen LogP contribution in [0.3, 0.4) is 0 Å². The number of aryl methyl sites for hydroxylation is 12. The Balaban J connectivity index is 1.61. The lowest BCUT2D eigenvalue weighted by molar-refractivity contribution is 0.985. The van der Waals surface area contributed by atoms with Gasteiger partial charge in [0.25, 0.3) is 0 Å². The van der Waals surface area contributed by atoms with Crippen molar-refractivity contribution >= 4 is 45.5 Å². The van der Waals surface area contributed by atoms with Crippen LogP contribution in [-0.4, -0.2) is 19.9 Å². The fourth-order valence-corrected chi connectivity index (χ4v) is 8.16. The van der Waals surface area contributed by atoms with Crippen LogP contribution in [0.5, 0.6) is 0 Å². The molecular weight excluding hydrogens is 665 g/mol. The lowest BCUT2D eigenvalue weighted by Gasteiger charge is -2.34. The Hall–Kier alpha value is -6.02. The summed E-state index contributed by atoms with van der Waals surface area (Å²) in [4.78, 5) is 29.1. The second-order valence-corrected chi connectivity index (χ2v) is 15.3. The minimum atomic E-state index is 0.962. The van der Waals surface area contributed by atoms with Gasteiger partial charge in [-0.3, -0.25) is 39.5 Å². The van der Waals surface area contributed by atoms with E-state index in [1.54, 1.807) is 0 Å². The molecule has 8 heteroatoms. The van der Waals surface area contributed by atoms with Crippen LogP contribution in [0.2, 0.25) is 0 Å².